The Kier molecular flexibility index (Phi) is 5.97. The van der Waals surface area contributed by atoms with Crippen molar-refractivity contribution in [3.8, 4) is 5.75 Å². The number of methoxy groups -OCH3 is 1. The third-order valence-corrected chi connectivity index (χ3v) is 6.21. The molecule has 2 amide bonds. The molecule has 0 spiro atoms. The minimum Gasteiger partial charge on any atom is -0.495 e. The second-order valence-corrected chi connectivity index (χ2v) is 9.35. The van der Waals surface area contributed by atoms with E-state index in [9.17, 15) is 18.0 Å². The first-order chi connectivity index (χ1) is 15.8. The van der Waals surface area contributed by atoms with Crippen LogP contribution < -0.4 is 15.4 Å². The summed E-state index contributed by atoms with van der Waals surface area (Å²) in [5.74, 6) is -1.32. The van der Waals surface area contributed by atoms with Gasteiger partial charge < -0.3 is 15.4 Å². The summed E-state index contributed by atoms with van der Waals surface area (Å²) in [4.78, 5) is 30.5. The number of fused-ring (bicyclic) bond motifs is 1. The van der Waals surface area contributed by atoms with Crippen LogP contribution in [0.1, 0.15) is 21.5 Å². The first-order valence-corrected chi connectivity index (χ1v) is 11.9. The van der Waals surface area contributed by atoms with Crippen LogP contribution in [0.15, 0.2) is 82.7 Å². The molecule has 1 atom stereocenters. The average Bonchev–Trinajstić information content (AvgIpc) is 2.94. The lowest BCUT2D eigenvalue weighted by molar-refractivity contribution is -0.117. The van der Waals surface area contributed by atoms with Crippen LogP contribution in [-0.4, -0.2) is 45.5 Å². The monoisotopic (exact) mass is 463 g/mol. The van der Waals surface area contributed by atoms with Gasteiger partial charge in [0.25, 0.3) is 11.8 Å². The van der Waals surface area contributed by atoms with E-state index in [2.05, 4.69) is 15.6 Å². The fourth-order valence-corrected chi connectivity index (χ4v) is 4.44. The van der Waals surface area contributed by atoms with Gasteiger partial charge in [-0.3, -0.25) is 9.59 Å². The first kappa shape index (κ1) is 22.2. The maximum absolute atomic E-state index is 13.1. The van der Waals surface area contributed by atoms with Crippen LogP contribution in [0.2, 0.25) is 0 Å². The van der Waals surface area contributed by atoms with Crippen LogP contribution in [0, 0.1) is 0 Å². The Morgan fingerprint density at radius 2 is 1.70 bits per heavy atom. The molecule has 0 fully saturated rings. The number of para-hydroxylation sites is 2. The zero-order valence-corrected chi connectivity index (χ0v) is 18.7. The van der Waals surface area contributed by atoms with Crippen molar-refractivity contribution in [2.75, 3.05) is 18.7 Å². The number of carbonyl (C=O) groups is 2. The predicted molar refractivity (Wildman–Crippen MR) is 125 cm³/mol. The normalized spacial score (nSPS) is 15.5. The number of sulfone groups is 1. The van der Waals surface area contributed by atoms with Gasteiger partial charge in [0.15, 0.2) is 9.84 Å². The highest BCUT2D eigenvalue weighted by Gasteiger charge is 2.29. The molecular formula is C24H21N3O5S. The third kappa shape index (κ3) is 4.49. The number of hydrogen-bond acceptors (Lipinski definition) is 6. The van der Waals surface area contributed by atoms with E-state index in [0.29, 0.717) is 17.0 Å². The summed E-state index contributed by atoms with van der Waals surface area (Å²) in [5.41, 5.74) is 2.57. The van der Waals surface area contributed by atoms with Crippen molar-refractivity contribution in [2.45, 2.75) is 11.1 Å². The smallest absolute Gasteiger partial charge is 0.269 e. The number of ether oxygens (including phenoxy) is 1. The average molecular weight is 464 g/mol. The Morgan fingerprint density at radius 1 is 1.00 bits per heavy atom. The number of nitrogens with zero attached hydrogens (tertiary/aromatic N) is 1. The highest BCUT2D eigenvalue weighted by molar-refractivity contribution is 7.90. The lowest BCUT2D eigenvalue weighted by Crippen LogP contribution is -2.42. The van der Waals surface area contributed by atoms with Crippen molar-refractivity contribution in [1.29, 1.82) is 0 Å². The highest BCUT2D eigenvalue weighted by Crippen LogP contribution is 2.28. The number of benzodiazepines with no additional fused rings is 1. The van der Waals surface area contributed by atoms with Crippen LogP contribution in [0.25, 0.3) is 0 Å². The zero-order valence-electron chi connectivity index (χ0n) is 17.9. The van der Waals surface area contributed by atoms with Crippen molar-refractivity contribution >= 4 is 33.1 Å². The summed E-state index contributed by atoms with van der Waals surface area (Å²) >= 11 is 0. The number of anilines is 1. The Morgan fingerprint density at radius 3 is 2.39 bits per heavy atom. The number of carbonyl (C=O) groups excluding carboxylic acids is 2. The maximum atomic E-state index is 13.1. The molecule has 8 nitrogen and oxygen atoms in total. The molecule has 0 bridgehead atoms. The molecule has 0 saturated carbocycles. The van der Waals surface area contributed by atoms with E-state index >= 15 is 0 Å². The molecule has 0 aliphatic carbocycles. The maximum Gasteiger partial charge on any atom is 0.269 e. The van der Waals surface area contributed by atoms with E-state index in [1.54, 1.807) is 12.1 Å². The first-order valence-electron chi connectivity index (χ1n) is 10.0. The minimum absolute atomic E-state index is 0.0218. The van der Waals surface area contributed by atoms with Gasteiger partial charge in [-0.2, -0.15) is 0 Å². The molecule has 1 aliphatic heterocycles. The molecule has 0 radical (unpaired) electrons. The van der Waals surface area contributed by atoms with E-state index in [4.69, 9.17) is 4.74 Å². The molecule has 3 aromatic carbocycles. The Labute approximate surface area is 191 Å². The number of nitrogens with one attached hydrogen (secondary N) is 2. The Bertz CT molecular complexity index is 1370. The second-order valence-electron chi connectivity index (χ2n) is 7.36. The van der Waals surface area contributed by atoms with E-state index < -0.39 is 27.8 Å². The zero-order chi connectivity index (χ0) is 23.6. The SMILES string of the molecule is COc1c(C(=O)NC2N=C(c3ccccc3)c3ccccc3NC2=O)cccc1S(C)(=O)=O. The number of hydrogen-bond donors (Lipinski definition) is 2. The van der Waals surface area contributed by atoms with Gasteiger partial charge in [0, 0.05) is 17.4 Å². The summed E-state index contributed by atoms with van der Waals surface area (Å²) in [6.07, 6.45) is -0.231. The molecule has 1 unspecified atom stereocenters. The lowest BCUT2D eigenvalue weighted by atomic mass is 10.0. The molecule has 168 valence electrons. The quantitative estimate of drug-likeness (QED) is 0.604. The van der Waals surface area contributed by atoms with Crippen molar-refractivity contribution in [3.63, 3.8) is 0 Å². The molecule has 9 heteroatoms. The molecule has 1 aliphatic rings. The summed E-state index contributed by atoms with van der Waals surface area (Å²) < 4.78 is 29.4. The summed E-state index contributed by atoms with van der Waals surface area (Å²) in [5, 5.41) is 5.40. The van der Waals surface area contributed by atoms with Crippen molar-refractivity contribution in [3.05, 3.63) is 89.5 Å². The largest absolute Gasteiger partial charge is 0.495 e. The highest BCUT2D eigenvalue weighted by atomic mass is 32.2. The number of benzene rings is 3. The van der Waals surface area contributed by atoms with Crippen LogP contribution in [0.5, 0.6) is 5.75 Å². The summed E-state index contributed by atoms with van der Waals surface area (Å²) in [6.45, 7) is 0. The van der Waals surface area contributed by atoms with Gasteiger partial charge in [-0.25, -0.2) is 13.4 Å². The molecule has 2 N–H and O–H groups in total. The molecular weight excluding hydrogens is 442 g/mol. The van der Waals surface area contributed by atoms with Crippen LogP contribution in [0.3, 0.4) is 0 Å². The molecule has 4 rings (SSSR count). The predicted octanol–water partition coefficient (Wildman–Crippen LogP) is 2.64. The van der Waals surface area contributed by atoms with Gasteiger partial charge in [0.2, 0.25) is 6.17 Å². The lowest BCUT2D eigenvalue weighted by Gasteiger charge is -2.16. The summed E-state index contributed by atoms with van der Waals surface area (Å²) in [7, 11) is -2.36. The number of aliphatic imine (C=N–C) groups is 1. The number of amides is 2. The molecule has 33 heavy (non-hydrogen) atoms. The van der Waals surface area contributed by atoms with Gasteiger partial charge >= 0.3 is 0 Å². The van der Waals surface area contributed by atoms with Crippen LogP contribution in [0.4, 0.5) is 5.69 Å². The van der Waals surface area contributed by atoms with Gasteiger partial charge in [-0.1, -0.05) is 54.6 Å². The van der Waals surface area contributed by atoms with E-state index in [0.717, 1.165) is 11.8 Å². The van der Waals surface area contributed by atoms with Crippen LogP contribution in [-0.2, 0) is 14.6 Å². The Hall–Kier alpha value is -3.98. The van der Waals surface area contributed by atoms with Crippen molar-refractivity contribution < 1.29 is 22.7 Å². The van der Waals surface area contributed by atoms with Crippen molar-refractivity contribution in [2.24, 2.45) is 4.99 Å². The van der Waals surface area contributed by atoms with E-state index in [1.807, 2.05) is 42.5 Å². The molecule has 0 aromatic heterocycles. The van der Waals surface area contributed by atoms with Crippen molar-refractivity contribution in [1.82, 2.24) is 5.32 Å². The van der Waals surface area contributed by atoms with Gasteiger partial charge in [-0.05, 0) is 18.2 Å². The van der Waals surface area contributed by atoms with Gasteiger partial charge in [0.1, 0.15) is 10.6 Å². The standard InChI is InChI=1S/C24H21N3O5S/c1-32-21-17(12-8-14-19(21)33(2,30)31)23(28)27-22-24(29)25-18-13-7-6-11-16(18)20(26-22)15-9-4-3-5-10-15/h3-14,22H,1-2H3,(H,25,29)(H,27,28). The molecule has 1 heterocycles. The Balaban J connectivity index is 1.76. The molecule has 0 saturated heterocycles. The van der Waals surface area contributed by atoms with E-state index in [-0.39, 0.29) is 16.2 Å². The van der Waals surface area contributed by atoms with Gasteiger partial charge in [0.05, 0.1) is 24.1 Å². The number of rotatable bonds is 5. The second kappa shape index (κ2) is 8.87. The summed E-state index contributed by atoms with van der Waals surface area (Å²) in [6, 6.07) is 20.8. The fourth-order valence-electron chi connectivity index (χ4n) is 3.58. The molecule has 3 aromatic rings. The topological polar surface area (TPSA) is 114 Å². The third-order valence-electron chi connectivity index (χ3n) is 5.09. The van der Waals surface area contributed by atoms with Crippen LogP contribution >= 0.6 is 0 Å². The fraction of sp³-hybridized carbons (Fsp3) is 0.125. The van der Waals surface area contributed by atoms with E-state index in [1.165, 1.54) is 25.3 Å². The minimum atomic E-state index is -3.64. The van der Waals surface area contributed by atoms with Gasteiger partial charge in [-0.15, -0.1) is 0 Å².